The molecule has 1 aromatic rings. The van der Waals surface area contributed by atoms with Crippen LogP contribution in [0.3, 0.4) is 0 Å². The minimum atomic E-state index is -3.04. The standard InChI is InChI=1S/C14H18N2O5S/c1-15-14(18)11-4-2-3-5-12(11)21-8-13(17)16-10-6-7-22(19,20)9-10/h2-5,10H,6-9H2,1H3,(H,15,18)(H,16,17)/t10-/m0/s1. The van der Waals surface area contributed by atoms with Crippen LogP contribution in [0.5, 0.6) is 5.75 Å². The van der Waals surface area contributed by atoms with Gasteiger partial charge in [0.2, 0.25) is 0 Å². The number of carbonyl (C=O) groups is 2. The van der Waals surface area contributed by atoms with Crippen molar-refractivity contribution in [3.8, 4) is 5.75 Å². The van der Waals surface area contributed by atoms with E-state index in [1.807, 2.05) is 0 Å². The highest BCUT2D eigenvalue weighted by Crippen LogP contribution is 2.17. The predicted octanol–water partition coefficient (Wildman–Crippen LogP) is -0.272. The molecule has 1 saturated heterocycles. The molecule has 120 valence electrons. The van der Waals surface area contributed by atoms with Gasteiger partial charge in [0.15, 0.2) is 16.4 Å². The molecular formula is C14H18N2O5S. The average Bonchev–Trinajstić information content (AvgIpc) is 2.83. The van der Waals surface area contributed by atoms with Crippen molar-refractivity contribution in [1.82, 2.24) is 10.6 Å². The highest BCUT2D eigenvalue weighted by molar-refractivity contribution is 7.91. The van der Waals surface area contributed by atoms with Crippen LogP contribution >= 0.6 is 0 Å². The van der Waals surface area contributed by atoms with E-state index in [-0.39, 0.29) is 30.1 Å². The van der Waals surface area contributed by atoms with Crippen LogP contribution in [0.2, 0.25) is 0 Å². The van der Waals surface area contributed by atoms with Gasteiger partial charge in [0.05, 0.1) is 17.1 Å². The Kier molecular flexibility index (Phi) is 5.02. The fourth-order valence-electron chi connectivity index (χ4n) is 2.24. The van der Waals surface area contributed by atoms with Crippen LogP contribution in [0.4, 0.5) is 0 Å². The number of carbonyl (C=O) groups excluding carboxylic acids is 2. The Labute approximate surface area is 129 Å². The smallest absolute Gasteiger partial charge is 0.258 e. The molecule has 0 saturated carbocycles. The van der Waals surface area contributed by atoms with Crippen LogP contribution in [0, 0.1) is 0 Å². The van der Waals surface area contributed by atoms with Crippen LogP contribution in [0.25, 0.3) is 0 Å². The number of sulfone groups is 1. The van der Waals surface area contributed by atoms with Crippen LogP contribution in [0.15, 0.2) is 24.3 Å². The van der Waals surface area contributed by atoms with E-state index >= 15 is 0 Å². The maximum atomic E-state index is 11.8. The summed E-state index contributed by atoms with van der Waals surface area (Å²) < 4.78 is 28.0. The first-order valence-corrected chi connectivity index (χ1v) is 8.67. The molecule has 0 radical (unpaired) electrons. The number of benzene rings is 1. The number of amides is 2. The van der Waals surface area contributed by atoms with E-state index in [9.17, 15) is 18.0 Å². The first-order valence-electron chi connectivity index (χ1n) is 6.85. The van der Waals surface area contributed by atoms with E-state index in [1.54, 1.807) is 24.3 Å². The van der Waals surface area contributed by atoms with E-state index in [0.29, 0.717) is 17.7 Å². The van der Waals surface area contributed by atoms with Crippen LogP contribution < -0.4 is 15.4 Å². The molecule has 7 nitrogen and oxygen atoms in total. The van der Waals surface area contributed by atoms with Crippen molar-refractivity contribution in [3.63, 3.8) is 0 Å². The van der Waals surface area contributed by atoms with Crippen molar-refractivity contribution in [2.24, 2.45) is 0 Å². The average molecular weight is 326 g/mol. The third kappa shape index (κ3) is 4.20. The second-order valence-corrected chi connectivity index (χ2v) is 7.26. The third-order valence-electron chi connectivity index (χ3n) is 3.32. The van der Waals surface area contributed by atoms with Crippen molar-refractivity contribution in [3.05, 3.63) is 29.8 Å². The van der Waals surface area contributed by atoms with Gasteiger partial charge in [0.1, 0.15) is 5.75 Å². The van der Waals surface area contributed by atoms with Gasteiger partial charge in [-0.15, -0.1) is 0 Å². The van der Waals surface area contributed by atoms with Crippen molar-refractivity contribution in [2.45, 2.75) is 12.5 Å². The zero-order chi connectivity index (χ0) is 16.2. The van der Waals surface area contributed by atoms with Crippen molar-refractivity contribution >= 4 is 21.7 Å². The van der Waals surface area contributed by atoms with Crippen molar-refractivity contribution in [2.75, 3.05) is 25.2 Å². The summed E-state index contributed by atoms with van der Waals surface area (Å²) in [7, 11) is -1.53. The molecule has 0 bridgehead atoms. The first-order chi connectivity index (χ1) is 10.4. The maximum Gasteiger partial charge on any atom is 0.258 e. The number of hydrogen-bond acceptors (Lipinski definition) is 5. The summed E-state index contributed by atoms with van der Waals surface area (Å²) in [6.07, 6.45) is 0.420. The van der Waals surface area contributed by atoms with Crippen LogP contribution in [0.1, 0.15) is 16.8 Å². The van der Waals surface area contributed by atoms with Gasteiger partial charge in [-0.25, -0.2) is 8.42 Å². The fourth-order valence-corrected chi connectivity index (χ4v) is 3.91. The maximum absolute atomic E-state index is 11.8. The van der Waals surface area contributed by atoms with E-state index in [2.05, 4.69) is 10.6 Å². The van der Waals surface area contributed by atoms with Crippen molar-refractivity contribution in [1.29, 1.82) is 0 Å². The summed E-state index contributed by atoms with van der Waals surface area (Å²) in [5.74, 6) is -0.353. The lowest BCUT2D eigenvalue weighted by molar-refractivity contribution is -0.123. The molecule has 2 amide bonds. The van der Waals surface area contributed by atoms with Crippen molar-refractivity contribution < 1.29 is 22.7 Å². The second-order valence-electron chi connectivity index (χ2n) is 5.03. The molecule has 1 atom stereocenters. The molecule has 1 fully saturated rings. The quantitative estimate of drug-likeness (QED) is 0.775. The summed E-state index contributed by atoms with van der Waals surface area (Å²) in [5, 5.41) is 5.11. The lowest BCUT2D eigenvalue weighted by Gasteiger charge is -2.13. The monoisotopic (exact) mass is 326 g/mol. The van der Waals surface area contributed by atoms with Gasteiger partial charge in [-0.2, -0.15) is 0 Å². The summed E-state index contributed by atoms with van der Waals surface area (Å²) in [6.45, 7) is -0.273. The summed E-state index contributed by atoms with van der Waals surface area (Å²) in [6, 6.07) is 6.22. The summed E-state index contributed by atoms with van der Waals surface area (Å²) in [4.78, 5) is 23.5. The van der Waals surface area contributed by atoms with Gasteiger partial charge in [0.25, 0.3) is 11.8 Å². The molecule has 1 aromatic carbocycles. The molecule has 8 heteroatoms. The lowest BCUT2D eigenvalue weighted by atomic mass is 10.2. The van der Waals surface area contributed by atoms with Gasteiger partial charge in [-0.05, 0) is 18.6 Å². The molecule has 0 unspecified atom stereocenters. The zero-order valence-corrected chi connectivity index (χ0v) is 13.0. The Morgan fingerprint density at radius 2 is 2.05 bits per heavy atom. The highest BCUT2D eigenvalue weighted by atomic mass is 32.2. The van der Waals surface area contributed by atoms with Gasteiger partial charge in [-0.3, -0.25) is 9.59 Å². The van der Waals surface area contributed by atoms with Crippen LogP contribution in [-0.2, 0) is 14.6 Å². The molecule has 1 heterocycles. The topological polar surface area (TPSA) is 102 Å². The number of rotatable bonds is 5. The number of nitrogens with one attached hydrogen (secondary N) is 2. The molecule has 22 heavy (non-hydrogen) atoms. The van der Waals surface area contributed by atoms with E-state index in [4.69, 9.17) is 4.74 Å². The largest absolute Gasteiger partial charge is 0.483 e. The summed E-state index contributed by atoms with van der Waals surface area (Å²) in [5.41, 5.74) is 0.334. The third-order valence-corrected chi connectivity index (χ3v) is 5.08. The molecule has 0 aliphatic carbocycles. The molecular weight excluding hydrogens is 308 g/mol. The van der Waals surface area contributed by atoms with E-state index < -0.39 is 15.7 Å². The lowest BCUT2D eigenvalue weighted by Crippen LogP contribution is -2.38. The minimum absolute atomic E-state index is 0.0342. The SMILES string of the molecule is CNC(=O)c1ccccc1OCC(=O)N[C@H]1CCS(=O)(=O)C1. The summed E-state index contributed by atoms with van der Waals surface area (Å²) >= 11 is 0. The Hall–Kier alpha value is -2.09. The highest BCUT2D eigenvalue weighted by Gasteiger charge is 2.28. The van der Waals surface area contributed by atoms with Crippen LogP contribution in [-0.4, -0.2) is 51.4 Å². The van der Waals surface area contributed by atoms with E-state index in [0.717, 1.165) is 0 Å². The predicted molar refractivity (Wildman–Crippen MR) is 80.5 cm³/mol. The second kappa shape index (κ2) is 6.78. The Morgan fingerprint density at radius 1 is 1.32 bits per heavy atom. The molecule has 0 spiro atoms. The first kappa shape index (κ1) is 16.3. The van der Waals surface area contributed by atoms with Gasteiger partial charge < -0.3 is 15.4 Å². The minimum Gasteiger partial charge on any atom is -0.483 e. The van der Waals surface area contributed by atoms with Gasteiger partial charge in [0, 0.05) is 13.1 Å². The number of para-hydroxylation sites is 1. The Bertz CT molecular complexity index is 672. The Morgan fingerprint density at radius 3 is 2.68 bits per heavy atom. The van der Waals surface area contributed by atoms with Gasteiger partial charge >= 0.3 is 0 Å². The number of hydrogen-bond donors (Lipinski definition) is 2. The fraction of sp³-hybridized carbons (Fsp3) is 0.429. The normalized spacial score (nSPS) is 19.4. The molecule has 2 N–H and O–H groups in total. The molecule has 1 aliphatic heterocycles. The Balaban J connectivity index is 1.91. The zero-order valence-electron chi connectivity index (χ0n) is 12.2. The molecule has 0 aromatic heterocycles. The van der Waals surface area contributed by atoms with Gasteiger partial charge in [-0.1, -0.05) is 12.1 Å². The van der Waals surface area contributed by atoms with E-state index in [1.165, 1.54) is 7.05 Å². The molecule has 1 aliphatic rings. The molecule has 2 rings (SSSR count). The number of ether oxygens (including phenoxy) is 1.